The summed E-state index contributed by atoms with van der Waals surface area (Å²) in [6, 6.07) is 17.6. The minimum Gasteiger partial charge on any atom is -0.457 e. The Kier molecular flexibility index (Phi) is 5.70. The summed E-state index contributed by atoms with van der Waals surface area (Å²) in [4.78, 5) is 8.72. The van der Waals surface area contributed by atoms with Crippen molar-refractivity contribution in [2.75, 3.05) is 12.3 Å². The zero-order chi connectivity index (χ0) is 22.8. The quantitative estimate of drug-likeness (QED) is 0.409. The van der Waals surface area contributed by atoms with Crippen LogP contribution in [0.4, 0.5) is 5.82 Å². The molecule has 1 saturated carbocycles. The molecule has 2 aromatic carbocycles. The fourth-order valence-electron chi connectivity index (χ4n) is 4.66. The molecule has 1 aliphatic rings. The topological polar surface area (TPSA) is 125 Å². The van der Waals surface area contributed by atoms with E-state index in [1.165, 1.54) is 6.33 Å². The van der Waals surface area contributed by atoms with Crippen molar-refractivity contribution in [1.29, 1.82) is 0 Å². The van der Waals surface area contributed by atoms with Crippen molar-refractivity contribution in [1.82, 2.24) is 19.7 Å². The summed E-state index contributed by atoms with van der Waals surface area (Å²) in [5.41, 5.74) is 13.7. The van der Waals surface area contributed by atoms with Gasteiger partial charge in [-0.05, 0) is 75.0 Å². The molecule has 1 fully saturated rings. The van der Waals surface area contributed by atoms with Crippen LogP contribution in [-0.4, -0.2) is 37.0 Å². The summed E-state index contributed by atoms with van der Waals surface area (Å²) >= 11 is 0. The van der Waals surface area contributed by atoms with Gasteiger partial charge in [0, 0.05) is 5.56 Å². The van der Waals surface area contributed by atoms with Gasteiger partial charge in [-0.25, -0.2) is 14.6 Å². The number of hydrogen-bond acceptors (Lipinski definition) is 7. The Hall–Kier alpha value is -3.49. The van der Waals surface area contributed by atoms with Crippen LogP contribution in [-0.2, 0) is 0 Å². The van der Waals surface area contributed by atoms with E-state index in [9.17, 15) is 5.11 Å². The standard InChI is InChI=1S/C25H28N6O2/c26-15-14-25(32)12-10-18(11-13-25)31-24-21(23(27)28-16-29-24)22(30-31)17-6-8-20(9-7-17)33-19-4-2-1-3-5-19/h1-9,16,18,32H,10-15,26H2,(H2,27,28,29). The second-order valence-electron chi connectivity index (χ2n) is 8.68. The average molecular weight is 445 g/mol. The first-order valence-electron chi connectivity index (χ1n) is 11.3. The van der Waals surface area contributed by atoms with Gasteiger partial charge in [-0.3, -0.25) is 0 Å². The third-order valence-corrected chi connectivity index (χ3v) is 6.47. The molecule has 0 radical (unpaired) electrons. The Morgan fingerprint density at radius 2 is 1.70 bits per heavy atom. The fourth-order valence-corrected chi connectivity index (χ4v) is 4.66. The van der Waals surface area contributed by atoms with Crippen molar-refractivity contribution in [2.45, 2.75) is 43.7 Å². The largest absolute Gasteiger partial charge is 0.457 e. The Balaban J connectivity index is 1.46. The third-order valence-electron chi connectivity index (χ3n) is 6.47. The lowest BCUT2D eigenvalue weighted by Gasteiger charge is -2.36. The van der Waals surface area contributed by atoms with Gasteiger partial charge in [0.05, 0.1) is 17.0 Å². The number of fused-ring (bicyclic) bond motifs is 1. The number of hydrogen-bond donors (Lipinski definition) is 3. The molecule has 5 N–H and O–H groups in total. The smallest absolute Gasteiger partial charge is 0.164 e. The van der Waals surface area contributed by atoms with Gasteiger partial charge in [0.2, 0.25) is 0 Å². The van der Waals surface area contributed by atoms with Crippen molar-refractivity contribution < 1.29 is 9.84 Å². The zero-order valence-electron chi connectivity index (χ0n) is 18.4. The molecule has 170 valence electrons. The summed E-state index contributed by atoms with van der Waals surface area (Å²) in [5.74, 6) is 1.93. The molecule has 8 heteroatoms. The Morgan fingerprint density at radius 3 is 2.39 bits per heavy atom. The number of rotatable bonds is 6. The third kappa shape index (κ3) is 4.27. The first-order chi connectivity index (χ1) is 16.1. The maximum Gasteiger partial charge on any atom is 0.164 e. The summed E-state index contributed by atoms with van der Waals surface area (Å²) in [7, 11) is 0. The first-order valence-corrected chi connectivity index (χ1v) is 11.3. The normalized spacial score (nSPS) is 20.7. The minimum absolute atomic E-state index is 0.134. The van der Waals surface area contributed by atoms with E-state index in [1.54, 1.807) is 0 Å². The number of nitrogen functional groups attached to an aromatic ring is 1. The molecule has 0 unspecified atom stereocenters. The van der Waals surface area contributed by atoms with Crippen molar-refractivity contribution in [3.8, 4) is 22.8 Å². The minimum atomic E-state index is -0.681. The average Bonchev–Trinajstić information content (AvgIpc) is 3.22. The van der Waals surface area contributed by atoms with Gasteiger partial charge in [-0.2, -0.15) is 5.10 Å². The molecule has 1 aliphatic carbocycles. The molecule has 0 saturated heterocycles. The van der Waals surface area contributed by atoms with Crippen LogP contribution < -0.4 is 16.2 Å². The van der Waals surface area contributed by atoms with E-state index in [1.807, 2.05) is 59.3 Å². The molecule has 0 aliphatic heterocycles. The summed E-state index contributed by atoms with van der Waals surface area (Å²) in [6.07, 6.45) is 5.09. The maximum atomic E-state index is 10.7. The molecule has 33 heavy (non-hydrogen) atoms. The highest BCUT2D eigenvalue weighted by atomic mass is 16.5. The number of nitrogens with two attached hydrogens (primary N) is 2. The SMILES string of the molecule is NCCC1(O)CCC(n2nc(-c3ccc(Oc4ccccc4)cc3)c3c(N)ncnc32)CC1. The van der Waals surface area contributed by atoms with Crippen LogP contribution in [0.1, 0.15) is 38.1 Å². The van der Waals surface area contributed by atoms with Crippen LogP contribution in [0.25, 0.3) is 22.3 Å². The number of benzene rings is 2. The van der Waals surface area contributed by atoms with E-state index in [-0.39, 0.29) is 6.04 Å². The van der Waals surface area contributed by atoms with Crippen molar-refractivity contribution in [3.63, 3.8) is 0 Å². The van der Waals surface area contributed by atoms with Crippen LogP contribution in [0.15, 0.2) is 60.9 Å². The monoisotopic (exact) mass is 444 g/mol. The van der Waals surface area contributed by atoms with Crippen LogP contribution in [0.2, 0.25) is 0 Å². The Bertz CT molecular complexity index is 1230. The van der Waals surface area contributed by atoms with Gasteiger partial charge >= 0.3 is 0 Å². The van der Waals surface area contributed by atoms with Gasteiger partial charge in [0.1, 0.15) is 29.3 Å². The number of aromatic nitrogens is 4. The molecule has 2 aromatic heterocycles. The molecular formula is C25H28N6O2. The highest BCUT2D eigenvalue weighted by Crippen LogP contribution is 2.40. The summed E-state index contributed by atoms with van der Waals surface area (Å²) in [5, 5.41) is 16.4. The van der Waals surface area contributed by atoms with Crippen molar-refractivity contribution in [3.05, 3.63) is 60.9 Å². The lowest BCUT2D eigenvalue weighted by molar-refractivity contribution is -0.0133. The van der Waals surface area contributed by atoms with Crippen molar-refractivity contribution in [2.24, 2.45) is 5.73 Å². The number of anilines is 1. The van der Waals surface area contributed by atoms with E-state index in [4.69, 9.17) is 21.3 Å². The highest BCUT2D eigenvalue weighted by Gasteiger charge is 2.34. The van der Waals surface area contributed by atoms with E-state index in [0.29, 0.717) is 31.6 Å². The zero-order valence-corrected chi connectivity index (χ0v) is 18.4. The maximum absolute atomic E-state index is 10.7. The molecular weight excluding hydrogens is 416 g/mol. The highest BCUT2D eigenvalue weighted by molar-refractivity contribution is 5.98. The number of nitrogens with zero attached hydrogens (tertiary/aromatic N) is 4. The molecule has 4 aromatic rings. The van der Waals surface area contributed by atoms with E-state index < -0.39 is 5.60 Å². The molecule has 8 nitrogen and oxygen atoms in total. The second kappa shape index (κ2) is 8.80. The predicted molar refractivity (Wildman–Crippen MR) is 128 cm³/mol. The Labute approximate surface area is 192 Å². The fraction of sp³-hybridized carbons (Fsp3) is 0.320. The molecule has 0 amide bonds. The lowest BCUT2D eigenvalue weighted by Crippen LogP contribution is -2.36. The van der Waals surface area contributed by atoms with Gasteiger partial charge in [0.15, 0.2) is 5.65 Å². The molecule has 2 heterocycles. The molecule has 0 atom stereocenters. The van der Waals surface area contributed by atoms with Gasteiger partial charge < -0.3 is 21.3 Å². The van der Waals surface area contributed by atoms with Gasteiger partial charge in [0.25, 0.3) is 0 Å². The first kappa shape index (κ1) is 21.4. The second-order valence-corrected chi connectivity index (χ2v) is 8.68. The van der Waals surface area contributed by atoms with Gasteiger partial charge in [-0.15, -0.1) is 0 Å². The van der Waals surface area contributed by atoms with E-state index in [0.717, 1.165) is 46.6 Å². The molecule has 0 bridgehead atoms. The van der Waals surface area contributed by atoms with E-state index >= 15 is 0 Å². The van der Waals surface area contributed by atoms with Gasteiger partial charge in [-0.1, -0.05) is 18.2 Å². The summed E-state index contributed by atoms with van der Waals surface area (Å²) in [6.45, 7) is 0.490. The van der Waals surface area contributed by atoms with Crippen LogP contribution >= 0.6 is 0 Å². The van der Waals surface area contributed by atoms with E-state index in [2.05, 4.69) is 9.97 Å². The number of para-hydroxylation sites is 1. The number of aliphatic hydroxyl groups is 1. The molecule has 0 spiro atoms. The Morgan fingerprint density at radius 1 is 1.00 bits per heavy atom. The summed E-state index contributed by atoms with van der Waals surface area (Å²) < 4.78 is 7.87. The lowest BCUT2D eigenvalue weighted by atomic mass is 9.80. The van der Waals surface area contributed by atoms with Crippen LogP contribution in [0, 0.1) is 0 Å². The predicted octanol–water partition coefficient (Wildman–Crippen LogP) is 4.06. The number of ether oxygens (including phenoxy) is 1. The van der Waals surface area contributed by atoms with Crippen LogP contribution in [0.3, 0.4) is 0 Å². The molecule has 5 rings (SSSR count). The van der Waals surface area contributed by atoms with Crippen molar-refractivity contribution >= 4 is 16.9 Å². The van der Waals surface area contributed by atoms with Crippen LogP contribution in [0.5, 0.6) is 11.5 Å².